The normalized spacial score (nSPS) is 12.6. The van der Waals surface area contributed by atoms with E-state index in [0.717, 1.165) is 0 Å². The van der Waals surface area contributed by atoms with E-state index in [4.69, 9.17) is 9.84 Å². The van der Waals surface area contributed by atoms with Gasteiger partial charge in [0.1, 0.15) is 11.9 Å². The van der Waals surface area contributed by atoms with E-state index in [1.807, 2.05) is 0 Å². The van der Waals surface area contributed by atoms with Crippen molar-refractivity contribution < 1.29 is 14.2 Å². The molecule has 1 aromatic carbocycles. The van der Waals surface area contributed by atoms with Crippen LogP contribution in [0.1, 0.15) is 24.2 Å². The van der Waals surface area contributed by atoms with Gasteiger partial charge in [-0.2, -0.15) is 0 Å². The van der Waals surface area contributed by atoms with Gasteiger partial charge in [0.2, 0.25) is 0 Å². The van der Waals surface area contributed by atoms with Crippen LogP contribution in [0.4, 0.5) is 4.39 Å². The molecule has 0 aliphatic rings. The van der Waals surface area contributed by atoms with Crippen molar-refractivity contribution >= 4 is 0 Å². The van der Waals surface area contributed by atoms with Crippen LogP contribution in [0.3, 0.4) is 0 Å². The molecular weight excluding hydrogens is 171 g/mol. The second kappa shape index (κ2) is 4.23. The molecule has 0 heterocycles. The van der Waals surface area contributed by atoms with Gasteiger partial charge in [-0.1, -0.05) is 18.2 Å². The van der Waals surface area contributed by atoms with Crippen molar-refractivity contribution in [2.45, 2.75) is 19.7 Å². The third kappa shape index (κ3) is 1.98. The summed E-state index contributed by atoms with van der Waals surface area (Å²) in [6, 6.07) is 5.08. The second-order valence-electron chi connectivity index (χ2n) is 2.81. The number of ether oxygens (including phenoxy) is 1. The second-order valence-corrected chi connectivity index (χ2v) is 2.81. The van der Waals surface area contributed by atoms with E-state index in [1.54, 1.807) is 18.2 Å². The molecule has 0 amide bonds. The van der Waals surface area contributed by atoms with Gasteiger partial charge in [-0.15, -0.1) is 0 Å². The first-order chi connectivity index (χ1) is 6.20. The number of hydrogen-bond acceptors (Lipinski definition) is 2. The zero-order chi connectivity index (χ0) is 9.84. The fraction of sp³-hybridized carbons (Fsp3) is 0.400. The fourth-order valence-electron chi connectivity index (χ4n) is 1.29. The largest absolute Gasteiger partial charge is 0.496 e. The monoisotopic (exact) mass is 184 g/mol. The first-order valence-electron chi connectivity index (χ1n) is 4.11. The minimum absolute atomic E-state index is 0.135. The molecule has 1 unspecified atom stereocenters. The van der Waals surface area contributed by atoms with Gasteiger partial charge < -0.3 is 9.84 Å². The lowest BCUT2D eigenvalue weighted by Crippen LogP contribution is -1.98. The average molecular weight is 184 g/mol. The highest BCUT2D eigenvalue weighted by Crippen LogP contribution is 2.30. The Kier molecular flexibility index (Phi) is 3.25. The molecule has 2 nitrogen and oxygen atoms in total. The van der Waals surface area contributed by atoms with Crippen molar-refractivity contribution in [1.29, 1.82) is 0 Å². The quantitative estimate of drug-likeness (QED) is 0.780. The fourth-order valence-corrected chi connectivity index (χ4v) is 1.29. The van der Waals surface area contributed by atoms with E-state index >= 15 is 0 Å². The molecule has 0 aliphatic carbocycles. The zero-order valence-corrected chi connectivity index (χ0v) is 7.75. The van der Waals surface area contributed by atoms with Gasteiger partial charge in [0.15, 0.2) is 0 Å². The summed E-state index contributed by atoms with van der Waals surface area (Å²) in [5.41, 5.74) is 1.10. The summed E-state index contributed by atoms with van der Waals surface area (Å²) < 4.78 is 18.1. The summed E-state index contributed by atoms with van der Waals surface area (Å²) in [5.74, 6) is 0.444. The molecule has 3 heteroatoms. The lowest BCUT2D eigenvalue weighted by molar-refractivity contribution is 0.271. The Balaban J connectivity index is 3.19. The summed E-state index contributed by atoms with van der Waals surface area (Å²) in [6.07, 6.45) is -1.08. The molecule has 13 heavy (non-hydrogen) atoms. The van der Waals surface area contributed by atoms with E-state index in [-0.39, 0.29) is 6.61 Å². The molecule has 0 aliphatic heterocycles. The summed E-state index contributed by atoms with van der Waals surface area (Å²) in [6.45, 7) is 1.31. The van der Waals surface area contributed by atoms with E-state index in [2.05, 4.69) is 0 Å². The number of halogens is 1. The van der Waals surface area contributed by atoms with Crippen molar-refractivity contribution in [1.82, 2.24) is 0 Å². The molecule has 0 radical (unpaired) electrons. The van der Waals surface area contributed by atoms with Gasteiger partial charge in [0.05, 0.1) is 13.7 Å². The van der Waals surface area contributed by atoms with Crippen molar-refractivity contribution in [2.24, 2.45) is 0 Å². The topological polar surface area (TPSA) is 29.5 Å². The molecule has 0 saturated carbocycles. The van der Waals surface area contributed by atoms with E-state index in [9.17, 15) is 4.39 Å². The summed E-state index contributed by atoms with van der Waals surface area (Å²) in [5, 5.41) is 8.95. The van der Waals surface area contributed by atoms with E-state index in [0.29, 0.717) is 16.9 Å². The van der Waals surface area contributed by atoms with Crippen LogP contribution >= 0.6 is 0 Å². The maximum atomic E-state index is 13.0. The first kappa shape index (κ1) is 9.99. The van der Waals surface area contributed by atoms with Crippen LogP contribution in [0, 0.1) is 0 Å². The zero-order valence-electron chi connectivity index (χ0n) is 7.75. The maximum absolute atomic E-state index is 13.0. The average Bonchev–Trinajstić information content (AvgIpc) is 2.16. The van der Waals surface area contributed by atoms with Crippen LogP contribution in [0.5, 0.6) is 5.75 Å². The number of aliphatic hydroxyl groups is 1. The summed E-state index contributed by atoms with van der Waals surface area (Å²) in [4.78, 5) is 0. The third-order valence-electron chi connectivity index (χ3n) is 1.93. The molecule has 0 saturated heterocycles. The van der Waals surface area contributed by atoms with Gasteiger partial charge in [-0.25, -0.2) is 4.39 Å². The third-order valence-corrected chi connectivity index (χ3v) is 1.93. The number of hydrogen-bond donors (Lipinski definition) is 1. The van der Waals surface area contributed by atoms with Crippen molar-refractivity contribution in [2.75, 3.05) is 7.11 Å². The van der Waals surface area contributed by atoms with Crippen LogP contribution in [0.25, 0.3) is 0 Å². The molecular formula is C10H13FO2. The van der Waals surface area contributed by atoms with E-state index in [1.165, 1.54) is 14.0 Å². The first-order valence-corrected chi connectivity index (χ1v) is 4.11. The highest BCUT2D eigenvalue weighted by molar-refractivity contribution is 5.42. The Labute approximate surface area is 77.0 Å². The number of rotatable bonds is 3. The Hall–Kier alpha value is -1.09. The molecule has 72 valence electrons. The van der Waals surface area contributed by atoms with Crippen LogP contribution < -0.4 is 4.74 Å². The predicted molar refractivity (Wildman–Crippen MR) is 48.4 cm³/mol. The summed E-state index contributed by atoms with van der Waals surface area (Å²) >= 11 is 0. The molecule has 1 N–H and O–H groups in total. The Bertz CT molecular complexity index is 284. The predicted octanol–water partition coefficient (Wildman–Crippen LogP) is 2.22. The van der Waals surface area contributed by atoms with Crippen molar-refractivity contribution in [3.05, 3.63) is 29.3 Å². The van der Waals surface area contributed by atoms with Crippen LogP contribution in [-0.4, -0.2) is 12.2 Å². The number of methoxy groups -OCH3 is 1. The maximum Gasteiger partial charge on any atom is 0.130 e. The van der Waals surface area contributed by atoms with Gasteiger partial charge >= 0.3 is 0 Å². The van der Waals surface area contributed by atoms with Crippen molar-refractivity contribution in [3.63, 3.8) is 0 Å². The smallest absolute Gasteiger partial charge is 0.130 e. The number of aliphatic hydroxyl groups excluding tert-OH is 1. The highest BCUT2D eigenvalue weighted by atomic mass is 19.1. The van der Waals surface area contributed by atoms with Gasteiger partial charge in [0, 0.05) is 11.1 Å². The number of alkyl halides is 1. The lowest BCUT2D eigenvalue weighted by Gasteiger charge is -2.12. The van der Waals surface area contributed by atoms with Crippen molar-refractivity contribution in [3.8, 4) is 5.75 Å². The Morgan fingerprint density at radius 2 is 2.23 bits per heavy atom. The summed E-state index contributed by atoms with van der Waals surface area (Å²) in [7, 11) is 1.47. The lowest BCUT2D eigenvalue weighted by atomic mass is 10.1. The number of para-hydroxylation sites is 1. The number of benzene rings is 1. The minimum Gasteiger partial charge on any atom is -0.496 e. The van der Waals surface area contributed by atoms with Crippen LogP contribution in [0.15, 0.2) is 18.2 Å². The van der Waals surface area contributed by atoms with E-state index < -0.39 is 6.17 Å². The molecule has 0 spiro atoms. The molecule has 0 aromatic heterocycles. The van der Waals surface area contributed by atoms with Gasteiger partial charge in [-0.3, -0.25) is 0 Å². The van der Waals surface area contributed by atoms with Gasteiger partial charge in [0.25, 0.3) is 0 Å². The minimum atomic E-state index is -1.08. The Morgan fingerprint density at radius 3 is 2.69 bits per heavy atom. The van der Waals surface area contributed by atoms with Crippen LogP contribution in [0.2, 0.25) is 0 Å². The van der Waals surface area contributed by atoms with Crippen LogP contribution in [-0.2, 0) is 6.61 Å². The molecule has 1 aromatic rings. The molecule has 1 rings (SSSR count). The molecule has 0 bridgehead atoms. The van der Waals surface area contributed by atoms with Gasteiger partial charge in [-0.05, 0) is 6.92 Å². The molecule has 1 atom stereocenters. The molecule has 0 fully saturated rings. The highest BCUT2D eigenvalue weighted by Gasteiger charge is 2.12. The standard InChI is InChI=1S/C10H13FO2/c1-7(11)9-5-3-4-8(6-12)10(9)13-2/h3-5,7,12H,6H2,1-2H3. The Morgan fingerprint density at radius 1 is 1.54 bits per heavy atom. The SMILES string of the molecule is COc1c(CO)cccc1C(C)F.